The maximum Gasteiger partial charge on any atom is 0.417 e. The molecule has 1 aromatic heterocycles. The van der Waals surface area contributed by atoms with Gasteiger partial charge in [0.2, 0.25) is 0 Å². The van der Waals surface area contributed by atoms with Crippen molar-refractivity contribution in [3.63, 3.8) is 0 Å². The molecule has 48 heavy (non-hydrogen) atoms. The Bertz CT molecular complexity index is 1830. The summed E-state index contributed by atoms with van der Waals surface area (Å²) >= 11 is 6.06. The Labute approximate surface area is 277 Å². The molecule has 0 radical (unpaired) electrons. The van der Waals surface area contributed by atoms with Gasteiger partial charge in [-0.05, 0) is 53.1 Å². The van der Waals surface area contributed by atoms with E-state index in [9.17, 15) is 26.3 Å². The second kappa shape index (κ2) is 15.2. The molecule has 1 heterocycles. The van der Waals surface area contributed by atoms with Gasteiger partial charge in [-0.3, -0.25) is 4.98 Å². The van der Waals surface area contributed by atoms with Crippen LogP contribution in [0.5, 0.6) is 11.5 Å². The number of nitrogens with zero attached hydrogens (tertiary/aromatic N) is 2. The molecule has 0 saturated carbocycles. The Morgan fingerprint density at radius 1 is 0.667 bits per heavy atom. The van der Waals surface area contributed by atoms with Crippen LogP contribution in [0.4, 0.5) is 26.3 Å². The highest BCUT2D eigenvalue weighted by Crippen LogP contribution is 2.32. The van der Waals surface area contributed by atoms with E-state index in [1.807, 2.05) is 54.6 Å². The summed E-state index contributed by atoms with van der Waals surface area (Å²) in [6.45, 7) is -0.0902. The molecule has 0 unspecified atom stereocenters. The normalized spacial score (nSPS) is 12.1. The molecule has 0 aliphatic carbocycles. The number of hydrogen-bond acceptors (Lipinski definition) is 5. The van der Waals surface area contributed by atoms with E-state index >= 15 is 0 Å². The zero-order valence-corrected chi connectivity index (χ0v) is 25.8. The number of rotatable bonds is 12. The highest BCUT2D eigenvalue weighted by Gasteiger charge is 2.32. The lowest BCUT2D eigenvalue weighted by Gasteiger charge is -2.12. The minimum Gasteiger partial charge on any atom is -0.490 e. The van der Waals surface area contributed by atoms with Crippen molar-refractivity contribution in [1.82, 2.24) is 4.98 Å². The number of pyridine rings is 1. The lowest BCUT2D eigenvalue weighted by atomic mass is 10.0. The van der Waals surface area contributed by atoms with Crippen LogP contribution in [-0.2, 0) is 23.6 Å². The molecular weight excluding hydrogens is 658 g/mol. The molecule has 0 N–H and O–H groups in total. The quantitative estimate of drug-likeness (QED) is 0.0568. The summed E-state index contributed by atoms with van der Waals surface area (Å²) in [5, 5.41) is 4.16. The van der Waals surface area contributed by atoms with Gasteiger partial charge >= 0.3 is 12.4 Å². The van der Waals surface area contributed by atoms with Crippen molar-refractivity contribution < 1.29 is 40.7 Å². The lowest BCUT2D eigenvalue weighted by molar-refractivity contribution is -0.138. The minimum absolute atomic E-state index is 0.00477. The van der Waals surface area contributed by atoms with Gasteiger partial charge in [0.15, 0.2) is 6.61 Å². The van der Waals surface area contributed by atoms with E-state index in [4.69, 9.17) is 25.9 Å². The predicted molar refractivity (Wildman–Crippen MR) is 170 cm³/mol. The Kier molecular flexibility index (Phi) is 10.9. The van der Waals surface area contributed by atoms with Gasteiger partial charge in [-0.2, -0.15) is 26.3 Å². The molecule has 0 aliphatic heterocycles. The van der Waals surface area contributed by atoms with Crippen molar-refractivity contribution in [2.75, 3.05) is 19.8 Å². The maximum atomic E-state index is 13.0. The summed E-state index contributed by atoms with van der Waals surface area (Å²) in [5.41, 5.74) is 2.52. The van der Waals surface area contributed by atoms with Crippen LogP contribution in [0.3, 0.4) is 0 Å². The van der Waals surface area contributed by atoms with Gasteiger partial charge in [0.1, 0.15) is 30.4 Å². The number of benzene rings is 4. The van der Waals surface area contributed by atoms with Crippen molar-refractivity contribution in [1.29, 1.82) is 0 Å². The maximum absolute atomic E-state index is 13.0. The topological polar surface area (TPSA) is 52.9 Å². The van der Waals surface area contributed by atoms with E-state index in [-0.39, 0.29) is 37.0 Å². The smallest absolute Gasteiger partial charge is 0.417 e. The third-order valence-electron chi connectivity index (χ3n) is 7.02. The number of oxime groups is 1. The van der Waals surface area contributed by atoms with Gasteiger partial charge in [-0.1, -0.05) is 89.6 Å². The summed E-state index contributed by atoms with van der Waals surface area (Å²) < 4.78 is 89.2. The highest BCUT2D eigenvalue weighted by atomic mass is 35.5. The van der Waals surface area contributed by atoms with Gasteiger partial charge in [0, 0.05) is 18.2 Å². The van der Waals surface area contributed by atoms with Gasteiger partial charge in [-0.25, -0.2) is 0 Å². The van der Waals surface area contributed by atoms with E-state index in [2.05, 4.69) is 10.1 Å². The third kappa shape index (κ3) is 9.51. The fraction of sp³-hybridized carbons (Fsp3) is 0.167. The largest absolute Gasteiger partial charge is 0.490 e. The first-order valence-corrected chi connectivity index (χ1v) is 14.9. The predicted octanol–water partition coefficient (Wildman–Crippen LogP) is 9.91. The molecule has 0 bridgehead atoms. The van der Waals surface area contributed by atoms with Crippen LogP contribution in [0, 0.1) is 0 Å². The molecule has 0 fully saturated rings. The molecule has 5 aromatic rings. The number of halogens is 7. The standard InChI is InChI=1S/C36H27ClF6N2O3/c37-32-21-29(36(41,42)43)22-44-33(32)19-24-9-15-30(16-10-24)47-23-34(27-13-11-26(12-14-27)25-5-2-1-3-6-25)45-48-18-17-46-31-8-4-7-28(20-31)35(38,39)40/h1-16,20-22H,17-19,23H2. The number of ether oxygens (including phenoxy) is 2. The second-order valence-corrected chi connectivity index (χ2v) is 10.9. The molecule has 248 valence electrons. The number of alkyl halides is 6. The fourth-order valence-corrected chi connectivity index (χ4v) is 4.76. The van der Waals surface area contributed by atoms with Gasteiger partial charge < -0.3 is 14.3 Å². The van der Waals surface area contributed by atoms with E-state index in [1.54, 1.807) is 24.3 Å². The van der Waals surface area contributed by atoms with Crippen molar-refractivity contribution >= 4 is 17.3 Å². The van der Waals surface area contributed by atoms with Gasteiger partial charge in [-0.15, -0.1) is 0 Å². The van der Waals surface area contributed by atoms with E-state index in [1.165, 1.54) is 12.1 Å². The lowest BCUT2D eigenvalue weighted by Crippen LogP contribution is -2.15. The minimum atomic E-state index is -4.54. The zero-order chi connectivity index (χ0) is 34.1. The molecule has 12 heteroatoms. The van der Waals surface area contributed by atoms with Crippen LogP contribution in [0.1, 0.15) is 27.9 Å². The Morgan fingerprint density at radius 2 is 1.35 bits per heavy atom. The SMILES string of the molecule is FC(F)(F)c1cccc(OCCON=C(COc2ccc(Cc3ncc(C(F)(F)F)cc3Cl)cc2)c2ccc(-c3ccccc3)cc2)c1. The molecule has 0 amide bonds. The summed E-state index contributed by atoms with van der Waals surface area (Å²) in [6, 6.07) is 29.7. The van der Waals surface area contributed by atoms with E-state index in [0.29, 0.717) is 22.7 Å². The summed E-state index contributed by atoms with van der Waals surface area (Å²) in [6.07, 6.45) is -8.05. The van der Waals surface area contributed by atoms with Crippen molar-refractivity contribution in [3.05, 3.63) is 148 Å². The Morgan fingerprint density at radius 3 is 2.02 bits per heavy atom. The fourth-order valence-electron chi connectivity index (χ4n) is 4.53. The Hall–Kier alpha value is -5.03. The first-order valence-electron chi connectivity index (χ1n) is 14.5. The second-order valence-electron chi connectivity index (χ2n) is 10.4. The van der Waals surface area contributed by atoms with Crippen LogP contribution in [-0.4, -0.2) is 30.5 Å². The van der Waals surface area contributed by atoms with Crippen LogP contribution in [0.25, 0.3) is 11.1 Å². The van der Waals surface area contributed by atoms with Gasteiger partial charge in [0.05, 0.1) is 21.8 Å². The first kappa shape index (κ1) is 34.3. The van der Waals surface area contributed by atoms with Crippen LogP contribution < -0.4 is 9.47 Å². The molecule has 5 rings (SSSR count). The van der Waals surface area contributed by atoms with Crippen molar-refractivity contribution in [2.45, 2.75) is 18.8 Å². The summed E-state index contributed by atoms with van der Waals surface area (Å²) in [7, 11) is 0. The molecule has 0 saturated heterocycles. The van der Waals surface area contributed by atoms with Crippen molar-refractivity contribution in [2.24, 2.45) is 5.16 Å². The molecular formula is C36H27ClF6N2O3. The third-order valence-corrected chi connectivity index (χ3v) is 7.35. The molecule has 5 nitrogen and oxygen atoms in total. The van der Waals surface area contributed by atoms with Crippen LogP contribution in [0.15, 0.2) is 121 Å². The molecule has 0 aliphatic rings. The average molecular weight is 685 g/mol. The van der Waals surface area contributed by atoms with Crippen LogP contribution >= 0.6 is 11.6 Å². The monoisotopic (exact) mass is 684 g/mol. The first-order chi connectivity index (χ1) is 23.0. The molecule has 4 aromatic carbocycles. The van der Waals surface area contributed by atoms with Crippen LogP contribution in [0.2, 0.25) is 5.02 Å². The highest BCUT2D eigenvalue weighted by molar-refractivity contribution is 6.31. The van der Waals surface area contributed by atoms with Crippen molar-refractivity contribution in [3.8, 4) is 22.6 Å². The summed E-state index contributed by atoms with van der Waals surface area (Å²) in [4.78, 5) is 9.36. The van der Waals surface area contributed by atoms with E-state index < -0.39 is 23.5 Å². The number of hydrogen-bond donors (Lipinski definition) is 0. The molecule has 0 atom stereocenters. The zero-order valence-electron chi connectivity index (χ0n) is 25.1. The van der Waals surface area contributed by atoms with Gasteiger partial charge in [0.25, 0.3) is 0 Å². The average Bonchev–Trinajstić information content (AvgIpc) is 3.07. The number of aromatic nitrogens is 1. The van der Waals surface area contributed by atoms with E-state index in [0.717, 1.165) is 41.1 Å². The Balaban J connectivity index is 1.24. The molecule has 0 spiro atoms. The summed E-state index contributed by atoms with van der Waals surface area (Å²) in [5.74, 6) is 0.545.